The Labute approximate surface area is 269 Å². The van der Waals surface area contributed by atoms with Gasteiger partial charge in [0.15, 0.2) is 0 Å². The Morgan fingerprint density at radius 1 is 0.935 bits per heavy atom. The molecule has 46 heavy (non-hydrogen) atoms. The fourth-order valence-electron chi connectivity index (χ4n) is 5.66. The Morgan fingerprint density at radius 2 is 1.63 bits per heavy atom. The molecule has 0 radical (unpaired) electrons. The van der Waals surface area contributed by atoms with E-state index in [4.69, 9.17) is 15.2 Å². The minimum atomic E-state index is -3.78. The summed E-state index contributed by atoms with van der Waals surface area (Å²) in [4.78, 5) is 30.6. The quantitative estimate of drug-likeness (QED) is 0.181. The van der Waals surface area contributed by atoms with Crippen molar-refractivity contribution in [3.63, 3.8) is 0 Å². The topological polar surface area (TPSA) is 150 Å². The van der Waals surface area contributed by atoms with Gasteiger partial charge in [0.05, 0.1) is 23.1 Å². The van der Waals surface area contributed by atoms with E-state index >= 15 is 0 Å². The van der Waals surface area contributed by atoms with E-state index in [-0.39, 0.29) is 29.4 Å². The predicted molar refractivity (Wildman–Crippen MR) is 175 cm³/mol. The number of aromatic nitrogens is 1. The number of carbonyl (C=O) groups excluding carboxylic acids is 2. The number of sulfonamides is 1. The molecule has 11 heteroatoms. The van der Waals surface area contributed by atoms with Gasteiger partial charge in [0, 0.05) is 23.4 Å². The molecule has 2 atom stereocenters. The van der Waals surface area contributed by atoms with E-state index < -0.39 is 28.1 Å². The van der Waals surface area contributed by atoms with Crippen molar-refractivity contribution in [2.45, 2.75) is 62.0 Å². The molecule has 1 aromatic heterocycles. The van der Waals surface area contributed by atoms with Gasteiger partial charge >= 0.3 is 5.97 Å². The maximum Gasteiger partial charge on any atom is 0.323 e. The molecule has 1 unspecified atom stereocenters. The van der Waals surface area contributed by atoms with Crippen LogP contribution < -0.4 is 20.5 Å². The maximum absolute atomic E-state index is 13.4. The molecular formula is C35H40N4O6S. The fraction of sp³-hybridized carbons (Fsp3) is 0.343. The number of nitrogens with zero attached hydrogens (tertiary/aromatic N) is 1. The summed E-state index contributed by atoms with van der Waals surface area (Å²) in [7, 11) is -3.78. The van der Waals surface area contributed by atoms with E-state index in [1.807, 2.05) is 67.6 Å². The van der Waals surface area contributed by atoms with Gasteiger partial charge < -0.3 is 20.5 Å². The molecule has 4 aromatic rings. The first-order chi connectivity index (χ1) is 22.2. The number of ether oxygens (including phenoxy) is 2. The molecule has 1 fully saturated rings. The Morgan fingerprint density at radius 3 is 2.33 bits per heavy atom. The maximum atomic E-state index is 13.4. The lowest BCUT2D eigenvalue weighted by atomic mass is 9.85. The lowest BCUT2D eigenvalue weighted by Crippen LogP contribution is -2.42. The third-order valence-corrected chi connectivity index (χ3v) is 9.69. The Balaban J connectivity index is 1.15. The number of hydrogen-bond donors (Lipinski definition) is 3. The van der Waals surface area contributed by atoms with Crippen molar-refractivity contribution >= 4 is 32.8 Å². The lowest BCUT2D eigenvalue weighted by Gasteiger charge is -2.30. The summed E-state index contributed by atoms with van der Waals surface area (Å²) in [5, 5.41) is 3.75. The van der Waals surface area contributed by atoms with Gasteiger partial charge in [0.1, 0.15) is 12.6 Å². The molecule has 4 N–H and O–H groups in total. The van der Waals surface area contributed by atoms with E-state index in [1.165, 1.54) is 6.07 Å². The van der Waals surface area contributed by atoms with Gasteiger partial charge in [-0.3, -0.25) is 9.59 Å². The molecule has 3 aromatic carbocycles. The molecule has 0 bridgehead atoms. The van der Waals surface area contributed by atoms with Crippen molar-refractivity contribution in [1.29, 1.82) is 0 Å². The Hall–Kier alpha value is -4.32. The number of nitrogens with one attached hydrogen (secondary N) is 2. The molecule has 10 nitrogen and oxygen atoms in total. The van der Waals surface area contributed by atoms with Crippen molar-refractivity contribution in [2.24, 2.45) is 11.7 Å². The molecule has 1 heterocycles. The highest BCUT2D eigenvalue weighted by atomic mass is 32.2. The number of amides is 1. The summed E-state index contributed by atoms with van der Waals surface area (Å²) in [5.74, 6) is -0.504. The van der Waals surface area contributed by atoms with Crippen LogP contribution in [0.4, 0.5) is 0 Å². The molecule has 0 saturated heterocycles. The zero-order valence-electron chi connectivity index (χ0n) is 25.8. The number of pyridine rings is 1. The van der Waals surface area contributed by atoms with Gasteiger partial charge in [-0.15, -0.1) is 0 Å². The summed E-state index contributed by atoms with van der Waals surface area (Å²) >= 11 is 0. The second-order valence-corrected chi connectivity index (χ2v) is 13.2. The molecule has 0 spiro atoms. The molecule has 0 aliphatic heterocycles. The minimum Gasteiger partial charge on any atom is -0.478 e. The van der Waals surface area contributed by atoms with Crippen molar-refractivity contribution in [3.05, 3.63) is 102 Å². The van der Waals surface area contributed by atoms with E-state index in [0.29, 0.717) is 55.5 Å². The lowest BCUT2D eigenvalue weighted by molar-refractivity contribution is -0.146. The van der Waals surface area contributed by atoms with Crippen LogP contribution in [0.15, 0.2) is 95.9 Å². The highest BCUT2D eigenvalue weighted by Crippen LogP contribution is 2.28. The Kier molecular flexibility index (Phi) is 11.0. The first kappa shape index (κ1) is 33.1. The average molecular weight is 645 g/mol. The first-order valence-electron chi connectivity index (χ1n) is 15.6. The van der Waals surface area contributed by atoms with Crippen LogP contribution in [0.2, 0.25) is 0 Å². The van der Waals surface area contributed by atoms with Crippen LogP contribution in [-0.2, 0) is 30.8 Å². The van der Waals surface area contributed by atoms with Gasteiger partial charge in [-0.2, -0.15) is 0 Å². The molecular weight excluding hydrogens is 604 g/mol. The van der Waals surface area contributed by atoms with Crippen LogP contribution >= 0.6 is 0 Å². The zero-order chi connectivity index (χ0) is 32.5. The summed E-state index contributed by atoms with van der Waals surface area (Å²) < 4.78 is 40.3. The average Bonchev–Trinajstić information content (AvgIpc) is 3.07. The number of esters is 1. The minimum absolute atomic E-state index is 0.0551. The number of carbonyl (C=O) groups is 2. The number of benzene rings is 3. The van der Waals surface area contributed by atoms with Gasteiger partial charge in [0.2, 0.25) is 21.8 Å². The molecule has 5 rings (SSSR count). The smallest absolute Gasteiger partial charge is 0.323 e. The number of nitrogens with two attached hydrogens (primary N) is 1. The number of rotatable bonds is 13. The predicted octanol–water partition coefficient (Wildman–Crippen LogP) is 4.44. The van der Waals surface area contributed by atoms with Crippen LogP contribution in [0, 0.1) is 5.92 Å². The Bertz CT molecular complexity index is 1730. The standard InChI is InChI=1S/C35H40N4O6S/c1-2-44-33-20-15-27-22-29(18-19-31(27)37-33)46(42,43)39-28-16-13-26(14-17-28)34(40)38-32(25-11-7-4-8-12-25)23-45-35(41)30(36)21-24-9-5-3-6-10-24/h3-12,15,18-20,22,26,28,30,32,39H,2,13-14,16-17,21,23,36H2,1H3,(H,38,40)/t26?,28?,30?,32-/m1/s1. The monoisotopic (exact) mass is 644 g/mol. The van der Waals surface area contributed by atoms with E-state index in [9.17, 15) is 18.0 Å². The van der Waals surface area contributed by atoms with E-state index in [1.54, 1.807) is 24.3 Å². The SMILES string of the molecule is CCOc1ccc2cc(S(=O)(=O)NC3CCC(C(=O)N[C@H](COC(=O)C(N)Cc4ccccc4)c4ccccc4)CC3)ccc2n1. The van der Waals surface area contributed by atoms with Crippen LogP contribution in [-0.4, -0.2) is 50.6 Å². The van der Waals surface area contributed by atoms with Crippen molar-refractivity contribution in [2.75, 3.05) is 13.2 Å². The van der Waals surface area contributed by atoms with Gasteiger partial charge in [0.25, 0.3) is 0 Å². The van der Waals surface area contributed by atoms with Crippen LogP contribution in [0.5, 0.6) is 5.88 Å². The third-order valence-electron chi connectivity index (χ3n) is 8.17. The second-order valence-electron chi connectivity index (χ2n) is 11.5. The van der Waals surface area contributed by atoms with Crippen molar-refractivity contribution in [1.82, 2.24) is 15.0 Å². The highest BCUT2D eigenvalue weighted by Gasteiger charge is 2.31. The summed E-state index contributed by atoms with van der Waals surface area (Å²) in [6.45, 7) is 2.31. The number of hydrogen-bond acceptors (Lipinski definition) is 8. The molecule has 1 saturated carbocycles. The van der Waals surface area contributed by atoms with Crippen molar-refractivity contribution in [3.8, 4) is 5.88 Å². The molecule has 1 aliphatic carbocycles. The first-order valence-corrected chi connectivity index (χ1v) is 17.1. The van der Waals surface area contributed by atoms with E-state index in [0.717, 1.165) is 11.1 Å². The zero-order valence-corrected chi connectivity index (χ0v) is 26.6. The van der Waals surface area contributed by atoms with Gasteiger partial charge in [-0.1, -0.05) is 60.7 Å². The van der Waals surface area contributed by atoms with Gasteiger partial charge in [-0.25, -0.2) is 18.1 Å². The second kappa shape index (κ2) is 15.3. The summed E-state index contributed by atoms with van der Waals surface area (Å²) in [6.07, 6.45) is 2.42. The number of fused-ring (bicyclic) bond motifs is 1. The van der Waals surface area contributed by atoms with Gasteiger partial charge in [-0.05, 0) is 74.4 Å². The summed E-state index contributed by atoms with van der Waals surface area (Å²) in [6, 6.07) is 25.5. The summed E-state index contributed by atoms with van der Waals surface area (Å²) in [5.41, 5.74) is 8.50. The molecule has 1 aliphatic rings. The van der Waals surface area contributed by atoms with Crippen molar-refractivity contribution < 1.29 is 27.5 Å². The third kappa shape index (κ3) is 8.68. The largest absolute Gasteiger partial charge is 0.478 e. The van der Waals surface area contributed by atoms with Crippen LogP contribution in [0.25, 0.3) is 10.9 Å². The molecule has 242 valence electrons. The highest BCUT2D eigenvalue weighted by molar-refractivity contribution is 7.89. The fourth-order valence-corrected chi connectivity index (χ4v) is 7.00. The van der Waals surface area contributed by atoms with E-state index in [2.05, 4.69) is 15.0 Å². The normalized spacial score (nSPS) is 18.0. The molecule has 1 amide bonds. The van der Waals surface area contributed by atoms with Crippen LogP contribution in [0.1, 0.15) is 49.8 Å². The van der Waals surface area contributed by atoms with Crippen LogP contribution in [0.3, 0.4) is 0 Å².